The Bertz CT molecular complexity index is 1030. The standard InChI is InChI=1S/C19H15FN2O2S2/c20-15-10-8-14(9-11-15)18-13-17(19-7-4-12-25-19)21-22(18)26(23,24)16-5-2-1-3-6-16/h1-13,18,21H/t18-/m1/s1. The lowest BCUT2D eigenvalue weighted by molar-refractivity contribution is 0.348. The third-order valence-corrected chi connectivity index (χ3v) is 6.71. The number of hydrazine groups is 1. The number of sulfonamides is 1. The summed E-state index contributed by atoms with van der Waals surface area (Å²) in [5.74, 6) is -0.361. The van der Waals surface area contributed by atoms with Crippen molar-refractivity contribution in [3.63, 3.8) is 0 Å². The molecule has 1 aliphatic rings. The maximum Gasteiger partial charge on any atom is 0.260 e. The summed E-state index contributed by atoms with van der Waals surface area (Å²) in [6.07, 6.45) is 1.85. The van der Waals surface area contributed by atoms with Gasteiger partial charge in [0.1, 0.15) is 5.82 Å². The highest BCUT2D eigenvalue weighted by molar-refractivity contribution is 7.89. The second-order valence-electron chi connectivity index (χ2n) is 5.78. The molecule has 4 rings (SSSR count). The monoisotopic (exact) mass is 386 g/mol. The molecular formula is C19H15FN2O2S2. The topological polar surface area (TPSA) is 49.4 Å². The van der Waals surface area contributed by atoms with E-state index in [4.69, 9.17) is 0 Å². The zero-order chi connectivity index (χ0) is 18.1. The van der Waals surface area contributed by atoms with Gasteiger partial charge in [0, 0.05) is 0 Å². The molecule has 0 unspecified atom stereocenters. The quantitative estimate of drug-likeness (QED) is 0.732. The summed E-state index contributed by atoms with van der Waals surface area (Å²) in [4.78, 5) is 1.13. The molecule has 1 atom stereocenters. The van der Waals surface area contributed by atoms with Gasteiger partial charge in [-0.05, 0) is 47.4 Å². The lowest BCUT2D eigenvalue weighted by Crippen LogP contribution is -2.39. The van der Waals surface area contributed by atoms with Gasteiger partial charge in [-0.3, -0.25) is 0 Å². The van der Waals surface area contributed by atoms with Crippen LogP contribution in [0.5, 0.6) is 0 Å². The summed E-state index contributed by atoms with van der Waals surface area (Å²) in [5.41, 5.74) is 4.42. The number of nitrogens with one attached hydrogen (secondary N) is 1. The molecule has 1 N–H and O–H groups in total. The smallest absolute Gasteiger partial charge is 0.260 e. The summed E-state index contributed by atoms with van der Waals surface area (Å²) in [5, 5.41) is 1.93. The highest BCUT2D eigenvalue weighted by Gasteiger charge is 2.37. The molecule has 3 aromatic rings. The molecule has 0 fully saturated rings. The van der Waals surface area contributed by atoms with Gasteiger partial charge in [-0.25, -0.2) is 12.8 Å². The van der Waals surface area contributed by atoms with Gasteiger partial charge < -0.3 is 5.43 Å². The van der Waals surface area contributed by atoms with Crippen LogP contribution in [0, 0.1) is 5.82 Å². The minimum atomic E-state index is -3.79. The summed E-state index contributed by atoms with van der Waals surface area (Å²) in [7, 11) is -3.79. The summed E-state index contributed by atoms with van der Waals surface area (Å²) in [6, 6.07) is 17.4. The van der Waals surface area contributed by atoms with Crippen molar-refractivity contribution in [2.24, 2.45) is 0 Å². The van der Waals surface area contributed by atoms with E-state index >= 15 is 0 Å². The van der Waals surface area contributed by atoms with E-state index in [-0.39, 0.29) is 10.7 Å². The Balaban J connectivity index is 1.79. The maximum absolute atomic E-state index is 13.3. The van der Waals surface area contributed by atoms with E-state index < -0.39 is 16.1 Å². The highest BCUT2D eigenvalue weighted by Crippen LogP contribution is 2.36. The molecule has 7 heteroatoms. The number of nitrogens with zero attached hydrogens (tertiary/aromatic N) is 1. The van der Waals surface area contributed by atoms with Gasteiger partial charge in [0.2, 0.25) is 0 Å². The van der Waals surface area contributed by atoms with Crippen molar-refractivity contribution < 1.29 is 12.8 Å². The number of halogens is 1. The van der Waals surface area contributed by atoms with Gasteiger partial charge in [-0.1, -0.05) is 36.4 Å². The zero-order valence-corrected chi connectivity index (χ0v) is 15.2. The van der Waals surface area contributed by atoms with Gasteiger partial charge in [0.05, 0.1) is 21.5 Å². The van der Waals surface area contributed by atoms with Crippen molar-refractivity contribution in [1.82, 2.24) is 9.84 Å². The van der Waals surface area contributed by atoms with Gasteiger partial charge in [0.15, 0.2) is 0 Å². The van der Waals surface area contributed by atoms with Gasteiger partial charge >= 0.3 is 0 Å². The maximum atomic E-state index is 13.3. The Hall–Kier alpha value is -2.48. The Morgan fingerprint density at radius 1 is 0.962 bits per heavy atom. The molecule has 0 amide bonds. The lowest BCUT2D eigenvalue weighted by atomic mass is 10.1. The number of rotatable bonds is 4. The highest BCUT2D eigenvalue weighted by atomic mass is 32.2. The zero-order valence-electron chi connectivity index (χ0n) is 13.5. The molecule has 26 heavy (non-hydrogen) atoms. The molecule has 0 aliphatic carbocycles. The fourth-order valence-electron chi connectivity index (χ4n) is 2.83. The molecule has 0 saturated carbocycles. The average molecular weight is 386 g/mol. The van der Waals surface area contributed by atoms with Crippen LogP contribution in [0.3, 0.4) is 0 Å². The van der Waals surface area contributed by atoms with Crippen LogP contribution in [-0.2, 0) is 10.0 Å². The van der Waals surface area contributed by atoms with E-state index in [1.807, 2.05) is 23.6 Å². The third kappa shape index (κ3) is 3.05. The molecule has 4 nitrogen and oxygen atoms in total. The van der Waals surface area contributed by atoms with E-state index in [0.717, 1.165) is 4.88 Å². The normalized spacial score (nSPS) is 17.7. The molecule has 132 valence electrons. The number of hydrogen-bond donors (Lipinski definition) is 1. The Morgan fingerprint density at radius 2 is 1.69 bits per heavy atom. The molecule has 0 saturated heterocycles. The molecule has 0 spiro atoms. The van der Waals surface area contributed by atoms with Gasteiger partial charge in [-0.15, -0.1) is 15.8 Å². The first-order valence-corrected chi connectivity index (χ1v) is 10.2. The SMILES string of the molecule is O=S(=O)(c1ccccc1)N1NC(c2cccs2)=C[C@@H]1c1ccc(F)cc1. The third-order valence-electron chi connectivity index (χ3n) is 4.11. The Morgan fingerprint density at radius 3 is 2.35 bits per heavy atom. The van der Waals surface area contributed by atoms with Crippen molar-refractivity contribution in [3.8, 4) is 0 Å². The molecule has 1 aliphatic heterocycles. The predicted octanol–water partition coefficient (Wildman–Crippen LogP) is 4.18. The Kier molecular flexibility index (Phi) is 4.36. The van der Waals surface area contributed by atoms with E-state index in [0.29, 0.717) is 11.3 Å². The summed E-state index contributed by atoms with van der Waals surface area (Å²) < 4.78 is 40.9. The first-order valence-electron chi connectivity index (χ1n) is 7.93. The van der Waals surface area contributed by atoms with Gasteiger partial charge in [-0.2, -0.15) is 0 Å². The van der Waals surface area contributed by atoms with E-state index in [1.54, 1.807) is 42.5 Å². The van der Waals surface area contributed by atoms with E-state index in [1.165, 1.54) is 27.9 Å². The van der Waals surface area contributed by atoms with Crippen molar-refractivity contribution in [1.29, 1.82) is 0 Å². The predicted molar refractivity (Wildman–Crippen MR) is 100 cm³/mol. The average Bonchev–Trinajstić information content (AvgIpc) is 3.33. The lowest BCUT2D eigenvalue weighted by Gasteiger charge is -2.24. The largest absolute Gasteiger partial charge is 0.303 e. The first kappa shape index (κ1) is 17.0. The fraction of sp³-hybridized carbons (Fsp3) is 0.0526. The van der Waals surface area contributed by atoms with Crippen LogP contribution in [0.15, 0.2) is 83.1 Å². The second kappa shape index (κ2) is 6.68. The second-order valence-corrected chi connectivity index (χ2v) is 8.54. The molecule has 2 heterocycles. The van der Waals surface area contributed by atoms with Crippen LogP contribution in [0.4, 0.5) is 4.39 Å². The fourth-order valence-corrected chi connectivity index (χ4v) is 4.96. The Labute approximate surface area is 155 Å². The number of hydrogen-bond acceptors (Lipinski definition) is 4. The van der Waals surface area contributed by atoms with Crippen LogP contribution in [-0.4, -0.2) is 12.8 Å². The molecule has 0 radical (unpaired) electrons. The first-order chi connectivity index (χ1) is 12.6. The van der Waals surface area contributed by atoms with Crippen molar-refractivity contribution >= 4 is 27.1 Å². The molecule has 2 aromatic carbocycles. The minimum absolute atomic E-state index is 0.195. The van der Waals surface area contributed by atoms with Crippen molar-refractivity contribution in [3.05, 3.63) is 94.4 Å². The van der Waals surface area contributed by atoms with Crippen LogP contribution >= 0.6 is 11.3 Å². The molecule has 0 bridgehead atoms. The van der Waals surface area contributed by atoms with E-state index in [9.17, 15) is 12.8 Å². The van der Waals surface area contributed by atoms with Crippen LogP contribution < -0.4 is 5.43 Å². The van der Waals surface area contributed by atoms with Crippen molar-refractivity contribution in [2.45, 2.75) is 10.9 Å². The molecule has 1 aromatic heterocycles. The van der Waals surface area contributed by atoms with E-state index in [2.05, 4.69) is 5.43 Å². The van der Waals surface area contributed by atoms with Crippen LogP contribution in [0.25, 0.3) is 5.70 Å². The minimum Gasteiger partial charge on any atom is -0.303 e. The number of benzene rings is 2. The van der Waals surface area contributed by atoms with Crippen molar-refractivity contribution in [2.75, 3.05) is 0 Å². The number of thiophene rings is 1. The van der Waals surface area contributed by atoms with Gasteiger partial charge in [0.25, 0.3) is 10.0 Å². The molecular weight excluding hydrogens is 371 g/mol. The van der Waals surface area contributed by atoms with Crippen LogP contribution in [0.1, 0.15) is 16.5 Å². The summed E-state index contributed by atoms with van der Waals surface area (Å²) >= 11 is 1.52. The summed E-state index contributed by atoms with van der Waals surface area (Å²) in [6.45, 7) is 0. The van der Waals surface area contributed by atoms with Crippen LogP contribution in [0.2, 0.25) is 0 Å².